The predicted molar refractivity (Wildman–Crippen MR) is 112 cm³/mol. The lowest BCUT2D eigenvalue weighted by Gasteiger charge is -2.07. The SMILES string of the molecule is Cc1ccc(NC(=O)COC(=O)c2ccc3nc(-c4ccccc4)[nH]c3c2)cc1. The van der Waals surface area contributed by atoms with E-state index in [9.17, 15) is 9.59 Å². The molecule has 29 heavy (non-hydrogen) atoms. The number of aryl methyl sites for hydroxylation is 1. The van der Waals surface area contributed by atoms with Crippen LogP contribution in [0.15, 0.2) is 72.8 Å². The number of imidazole rings is 1. The Labute approximate surface area is 167 Å². The van der Waals surface area contributed by atoms with Crippen molar-refractivity contribution >= 4 is 28.6 Å². The number of rotatable bonds is 5. The van der Waals surface area contributed by atoms with Crippen molar-refractivity contribution in [1.29, 1.82) is 0 Å². The van der Waals surface area contributed by atoms with Gasteiger partial charge in [0.15, 0.2) is 6.61 Å². The van der Waals surface area contributed by atoms with Crippen molar-refractivity contribution in [1.82, 2.24) is 9.97 Å². The zero-order valence-electron chi connectivity index (χ0n) is 15.8. The minimum Gasteiger partial charge on any atom is -0.452 e. The van der Waals surface area contributed by atoms with Crippen molar-refractivity contribution in [2.75, 3.05) is 11.9 Å². The summed E-state index contributed by atoms with van der Waals surface area (Å²) < 4.78 is 5.14. The van der Waals surface area contributed by atoms with Crippen molar-refractivity contribution in [2.24, 2.45) is 0 Å². The number of aromatic amines is 1. The van der Waals surface area contributed by atoms with Crippen LogP contribution in [0.4, 0.5) is 5.69 Å². The summed E-state index contributed by atoms with van der Waals surface area (Å²) in [5, 5.41) is 2.69. The number of esters is 1. The average molecular weight is 385 g/mol. The highest BCUT2D eigenvalue weighted by atomic mass is 16.5. The Balaban J connectivity index is 1.41. The standard InChI is InChI=1S/C23H19N3O3/c1-15-7-10-18(11-8-15)24-21(27)14-29-23(28)17-9-12-19-20(13-17)26-22(25-19)16-5-3-2-4-6-16/h2-13H,14H2,1H3,(H,24,27)(H,25,26). The zero-order valence-corrected chi connectivity index (χ0v) is 15.8. The number of carbonyl (C=O) groups is 2. The Hall–Kier alpha value is -3.93. The van der Waals surface area contributed by atoms with E-state index in [0.29, 0.717) is 11.3 Å². The highest BCUT2D eigenvalue weighted by molar-refractivity contribution is 5.97. The minimum atomic E-state index is -0.568. The number of benzene rings is 3. The molecule has 144 valence electrons. The molecule has 3 aromatic carbocycles. The first-order valence-electron chi connectivity index (χ1n) is 9.17. The van der Waals surface area contributed by atoms with Gasteiger partial charge in [-0.2, -0.15) is 0 Å². The number of H-pyrrole nitrogens is 1. The van der Waals surface area contributed by atoms with Gasteiger partial charge in [-0.15, -0.1) is 0 Å². The molecule has 0 spiro atoms. The van der Waals surface area contributed by atoms with Crippen LogP contribution >= 0.6 is 0 Å². The van der Waals surface area contributed by atoms with Gasteiger partial charge in [-0.1, -0.05) is 48.0 Å². The van der Waals surface area contributed by atoms with Crippen LogP contribution in [0, 0.1) is 6.92 Å². The first-order valence-corrected chi connectivity index (χ1v) is 9.17. The third-order valence-electron chi connectivity index (χ3n) is 4.43. The van der Waals surface area contributed by atoms with E-state index in [-0.39, 0.29) is 6.61 Å². The fourth-order valence-electron chi connectivity index (χ4n) is 2.92. The number of ether oxygens (including phenoxy) is 1. The highest BCUT2D eigenvalue weighted by Crippen LogP contribution is 2.21. The average Bonchev–Trinajstić information content (AvgIpc) is 3.18. The highest BCUT2D eigenvalue weighted by Gasteiger charge is 2.13. The molecule has 6 heteroatoms. The van der Waals surface area contributed by atoms with Crippen LogP contribution in [0.3, 0.4) is 0 Å². The molecule has 1 heterocycles. The lowest BCUT2D eigenvalue weighted by atomic mass is 10.2. The number of anilines is 1. The molecule has 4 rings (SSSR count). The van der Waals surface area contributed by atoms with Gasteiger partial charge in [-0.05, 0) is 37.3 Å². The van der Waals surface area contributed by atoms with Crippen LogP contribution in [-0.4, -0.2) is 28.5 Å². The molecule has 0 aliphatic rings. The fraction of sp³-hybridized carbons (Fsp3) is 0.0870. The van der Waals surface area contributed by atoms with Crippen LogP contribution in [-0.2, 0) is 9.53 Å². The van der Waals surface area contributed by atoms with E-state index in [0.717, 1.165) is 28.0 Å². The molecule has 0 saturated heterocycles. The van der Waals surface area contributed by atoms with E-state index in [1.54, 1.807) is 30.3 Å². The lowest BCUT2D eigenvalue weighted by molar-refractivity contribution is -0.119. The summed E-state index contributed by atoms with van der Waals surface area (Å²) in [6.45, 7) is 1.61. The summed E-state index contributed by atoms with van der Waals surface area (Å²) in [6.07, 6.45) is 0. The Morgan fingerprint density at radius 3 is 2.52 bits per heavy atom. The number of hydrogen-bond donors (Lipinski definition) is 2. The summed E-state index contributed by atoms with van der Waals surface area (Å²) in [5.41, 5.74) is 4.53. The molecule has 0 aliphatic carbocycles. The van der Waals surface area contributed by atoms with Gasteiger partial charge in [0.05, 0.1) is 16.6 Å². The molecule has 0 aliphatic heterocycles. The van der Waals surface area contributed by atoms with Crippen LogP contribution in [0.5, 0.6) is 0 Å². The van der Waals surface area contributed by atoms with Gasteiger partial charge in [0.2, 0.25) is 0 Å². The molecule has 0 fully saturated rings. The normalized spacial score (nSPS) is 10.7. The molecule has 6 nitrogen and oxygen atoms in total. The van der Waals surface area contributed by atoms with E-state index < -0.39 is 11.9 Å². The molecular formula is C23H19N3O3. The topological polar surface area (TPSA) is 84.1 Å². The van der Waals surface area contributed by atoms with Gasteiger partial charge in [0.25, 0.3) is 5.91 Å². The van der Waals surface area contributed by atoms with Crippen molar-refractivity contribution < 1.29 is 14.3 Å². The molecule has 0 bridgehead atoms. The Bertz CT molecular complexity index is 1170. The number of nitrogens with zero attached hydrogens (tertiary/aromatic N) is 1. The van der Waals surface area contributed by atoms with Crippen LogP contribution in [0.2, 0.25) is 0 Å². The second-order valence-corrected chi connectivity index (χ2v) is 6.67. The third-order valence-corrected chi connectivity index (χ3v) is 4.43. The molecule has 0 unspecified atom stereocenters. The van der Waals surface area contributed by atoms with Gasteiger partial charge < -0.3 is 15.0 Å². The minimum absolute atomic E-state index is 0.351. The molecule has 1 aromatic heterocycles. The fourth-order valence-corrected chi connectivity index (χ4v) is 2.92. The summed E-state index contributed by atoms with van der Waals surface area (Å²) in [6, 6.07) is 22.2. The second-order valence-electron chi connectivity index (χ2n) is 6.67. The Kier molecular flexibility index (Phi) is 5.07. The first kappa shape index (κ1) is 18.4. The van der Waals surface area contributed by atoms with Gasteiger partial charge in [0, 0.05) is 11.3 Å². The number of amides is 1. The Morgan fingerprint density at radius 1 is 1.00 bits per heavy atom. The van der Waals surface area contributed by atoms with Gasteiger partial charge in [-0.3, -0.25) is 4.79 Å². The lowest BCUT2D eigenvalue weighted by Crippen LogP contribution is -2.20. The number of hydrogen-bond acceptors (Lipinski definition) is 4. The molecular weight excluding hydrogens is 366 g/mol. The number of aromatic nitrogens is 2. The monoisotopic (exact) mass is 385 g/mol. The molecule has 0 atom stereocenters. The molecule has 0 radical (unpaired) electrons. The van der Waals surface area contributed by atoms with Crippen molar-refractivity contribution in [3.05, 3.63) is 83.9 Å². The van der Waals surface area contributed by atoms with E-state index in [1.165, 1.54) is 0 Å². The maximum Gasteiger partial charge on any atom is 0.338 e. The smallest absolute Gasteiger partial charge is 0.338 e. The first-order chi connectivity index (χ1) is 14.1. The van der Waals surface area contributed by atoms with Gasteiger partial charge in [-0.25, -0.2) is 9.78 Å². The van der Waals surface area contributed by atoms with Crippen molar-refractivity contribution in [3.63, 3.8) is 0 Å². The van der Waals surface area contributed by atoms with Gasteiger partial charge >= 0.3 is 5.97 Å². The van der Waals surface area contributed by atoms with Crippen LogP contribution in [0.25, 0.3) is 22.4 Å². The number of nitrogens with one attached hydrogen (secondary N) is 2. The quantitative estimate of drug-likeness (QED) is 0.501. The maximum absolute atomic E-state index is 12.3. The maximum atomic E-state index is 12.3. The van der Waals surface area contributed by atoms with E-state index in [4.69, 9.17) is 4.74 Å². The second kappa shape index (κ2) is 7.98. The molecule has 4 aromatic rings. The number of fused-ring (bicyclic) bond motifs is 1. The van der Waals surface area contributed by atoms with E-state index in [1.807, 2.05) is 49.4 Å². The Morgan fingerprint density at radius 2 is 1.76 bits per heavy atom. The summed E-state index contributed by atoms with van der Waals surface area (Å²) in [4.78, 5) is 32.1. The third kappa shape index (κ3) is 4.32. The summed E-state index contributed by atoms with van der Waals surface area (Å²) in [7, 11) is 0. The van der Waals surface area contributed by atoms with Crippen LogP contribution in [0.1, 0.15) is 15.9 Å². The predicted octanol–water partition coefficient (Wildman–Crippen LogP) is 4.33. The van der Waals surface area contributed by atoms with Crippen molar-refractivity contribution in [2.45, 2.75) is 6.92 Å². The van der Waals surface area contributed by atoms with E-state index >= 15 is 0 Å². The van der Waals surface area contributed by atoms with Gasteiger partial charge in [0.1, 0.15) is 5.82 Å². The van der Waals surface area contributed by atoms with Crippen LogP contribution < -0.4 is 5.32 Å². The summed E-state index contributed by atoms with van der Waals surface area (Å²) >= 11 is 0. The molecule has 1 amide bonds. The molecule has 0 saturated carbocycles. The number of carbonyl (C=O) groups excluding carboxylic acids is 2. The summed E-state index contributed by atoms with van der Waals surface area (Å²) in [5.74, 6) is -0.235. The largest absolute Gasteiger partial charge is 0.452 e. The van der Waals surface area contributed by atoms with E-state index in [2.05, 4.69) is 15.3 Å². The molecule has 2 N–H and O–H groups in total. The zero-order chi connectivity index (χ0) is 20.2. The van der Waals surface area contributed by atoms with Crippen molar-refractivity contribution in [3.8, 4) is 11.4 Å².